The molecule has 38 heavy (non-hydrogen) atoms. The van der Waals surface area contributed by atoms with Crippen LogP contribution in [0.15, 0.2) is 24.3 Å². The Morgan fingerprint density at radius 2 is 1.45 bits per heavy atom. The number of phenolic OH excluding ortho intramolecular Hbond substituents is 6. The van der Waals surface area contributed by atoms with Crippen molar-refractivity contribution in [3.8, 4) is 57.1 Å². The lowest BCUT2D eigenvalue weighted by Gasteiger charge is -2.20. The van der Waals surface area contributed by atoms with Crippen molar-refractivity contribution in [2.45, 2.75) is 6.10 Å². The van der Waals surface area contributed by atoms with Gasteiger partial charge in [-0.3, -0.25) is 0 Å². The normalized spacial score (nSPS) is 11.8. The first-order chi connectivity index (χ1) is 17.9. The third-order valence-corrected chi connectivity index (χ3v) is 5.93. The molecule has 0 saturated heterocycles. The van der Waals surface area contributed by atoms with Crippen LogP contribution in [0.1, 0.15) is 22.0 Å². The average molecular weight is 553 g/mol. The zero-order chi connectivity index (χ0) is 28.3. The van der Waals surface area contributed by atoms with Gasteiger partial charge in [0.1, 0.15) is 17.0 Å². The summed E-state index contributed by atoms with van der Waals surface area (Å²) in [6, 6.07) is 7.07. The molecule has 1 unspecified atom stereocenters. The van der Waals surface area contributed by atoms with Crippen molar-refractivity contribution in [2.24, 2.45) is 0 Å². The van der Waals surface area contributed by atoms with Gasteiger partial charge >= 0.3 is 5.97 Å². The summed E-state index contributed by atoms with van der Waals surface area (Å²) in [5, 5.41) is 97.5. The fourth-order valence-electron chi connectivity index (χ4n) is 3.79. The molecule has 0 amide bonds. The summed E-state index contributed by atoms with van der Waals surface area (Å²) in [6.45, 7) is 0.570. The smallest absolute Gasteiger partial charge is 0.343 e. The molecule has 3 rings (SSSR count). The van der Waals surface area contributed by atoms with E-state index in [4.69, 9.17) is 16.3 Å². The molecule has 3 aromatic carbocycles. The van der Waals surface area contributed by atoms with Crippen LogP contribution in [0.2, 0.25) is 5.02 Å². The highest BCUT2D eigenvalue weighted by molar-refractivity contribution is 6.30. The standard InChI is InChI=1S/C24H25ClN2O11/c1-38-11(9-3-2-4-10(25)7-9)8-26-5-6-27-15-17(29)13(19(31)23(35)21(15)33)12-16(28)14(24(36)37)20(32)22(34)18(12)30/h2-4,7,11,26-35H,5-6,8H2,1H3,(H,36,37). The Morgan fingerprint density at radius 3 is 2.03 bits per heavy atom. The van der Waals surface area contributed by atoms with Gasteiger partial charge in [0.15, 0.2) is 28.7 Å². The second-order valence-corrected chi connectivity index (χ2v) is 8.44. The number of carboxylic acid groups (broad SMARTS) is 1. The van der Waals surface area contributed by atoms with Gasteiger partial charge in [-0.05, 0) is 17.7 Å². The number of phenols is 8. The number of ether oxygens (including phenoxy) is 1. The van der Waals surface area contributed by atoms with Crippen LogP contribution in [0.25, 0.3) is 11.1 Å². The van der Waals surface area contributed by atoms with Crippen LogP contribution >= 0.6 is 11.6 Å². The number of anilines is 1. The number of aromatic carboxylic acids is 1. The van der Waals surface area contributed by atoms with Gasteiger partial charge in [-0.1, -0.05) is 23.7 Å². The van der Waals surface area contributed by atoms with Crippen LogP contribution in [-0.4, -0.2) is 78.7 Å². The number of carboxylic acids is 1. The monoisotopic (exact) mass is 552 g/mol. The van der Waals surface area contributed by atoms with Gasteiger partial charge < -0.3 is 61.3 Å². The van der Waals surface area contributed by atoms with Gasteiger partial charge in [-0.2, -0.15) is 0 Å². The fourth-order valence-corrected chi connectivity index (χ4v) is 3.99. The van der Waals surface area contributed by atoms with E-state index in [9.17, 15) is 50.8 Å². The SMILES string of the molecule is COC(CNCCNc1c(O)c(O)c(O)c(-c2c(O)c(O)c(O)c(C(=O)O)c2O)c1O)c1cccc(Cl)c1. The van der Waals surface area contributed by atoms with E-state index in [0.717, 1.165) is 5.56 Å². The van der Waals surface area contributed by atoms with Gasteiger partial charge in [0, 0.05) is 31.8 Å². The van der Waals surface area contributed by atoms with E-state index in [1.54, 1.807) is 18.2 Å². The molecule has 0 spiro atoms. The number of hydrogen-bond donors (Lipinski definition) is 11. The maximum Gasteiger partial charge on any atom is 0.343 e. The fraction of sp³-hybridized carbons (Fsp3) is 0.208. The molecule has 0 aliphatic rings. The molecule has 0 bridgehead atoms. The minimum atomic E-state index is -1.92. The Hall–Kier alpha value is -4.46. The van der Waals surface area contributed by atoms with Gasteiger partial charge in [0.05, 0.1) is 17.2 Å². The Balaban J connectivity index is 1.89. The summed E-state index contributed by atoms with van der Waals surface area (Å²) < 4.78 is 5.45. The van der Waals surface area contributed by atoms with Crippen molar-refractivity contribution in [3.63, 3.8) is 0 Å². The van der Waals surface area contributed by atoms with Gasteiger partial charge in [0.2, 0.25) is 11.5 Å². The molecule has 1 atom stereocenters. The topological polar surface area (TPSA) is 232 Å². The Labute approximate surface area is 220 Å². The van der Waals surface area contributed by atoms with E-state index in [2.05, 4.69) is 10.6 Å². The third kappa shape index (κ3) is 5.16. The average Bonchev–Trinajstić information content (AvgIpc) is 2.87. The van der Waals surface area contributed by atoms with Crippen molar-refractivity contribution >= 4 is 23.3 Å². The minimum Gasteiger partial charge on any atom is -0.506 e. The highest BCUT2D eigenvalue weighted by atomic mass is 35.5. The van der Waals surface area contributed by atoms with Crippen molar-refractivity contribution < 1.29 is 55.5 Å². The highest BCUT2D eigenvalue weighted by Gasteiger charge is 2.34. The van der Waals surface area contributed by atoms with Crippen LogP contribution in [-0.2, 0) is 4.74 Å². The summed E-state index contributed by atoms with van der Waals surface area (Å²) >= 11 is 6.01. The van der Waals surface area contributed by atoms with Gasteiger partial charge in [0.25, 0.3) is 0 Å². The van der Waals surface area contributed by atoms with Crippen molar-refractivity contribution in [1.82, 2.24) is 5.32 Å². The highest BCUT2D eigenvalue weighted by Crippen LogP contribution is 2.60. The number of nitrogens with one attached hydrogen (secondary N) is 2. The van der Waals surface area contributed by atoms with Crippen LogP contribution < -0.4 is 10.6 Å². The molecule has 0 heterocycles. The quantitative estimate of drug-likeness (QED) is 0.0987. The predicted molar refractivity (Wildman–Crippen MR) is 135 cm³/mol. The Bertz CT molecular complexity index is 1380. The maximum atomic E-state index is 11.5. The lowest BCUT2D eigenvalue weighted by atomic mass is 9.95. The second-order valence-electron chi connectivity index (χ2n) is 8.00. The molecule has 0 fully saturated rings. The van der Waals surface area contributed by atoms with Crippen molar-refractivity contribution in [3.05, 3.63) is 40.4 Å². The first-order valence-electron chi connectivity index (χ1n) is 10.9. The molecular formula is C24H25ClN2O11. The van der Waals surface area contributed by atoms with Crippen molar-refractivity contribution in [2.75, 3.05) is 32.1 Å². The van der Waals surface area contributed by atoms with Crippen LogP contribution in [0, 0.1) is 0 Å². The van der Waals surface area contributed by atoms with E-state index < -0.39 is 74.3 Å². The first kappa shape index (κ1) is 28.1. The summed E-state index contributed by atoms with van der Waals surface area (Å²) in [6.07, 6.45) is -0.351. The molecule has 0 saturated carbocycles. The number of aromatic hydroxyl groups is 8. The molecule has 0 aliphatic carbocycles. The number of methoxy groups -OCH3 is 1. The maximum absolute atomic E-state index is 11.5. The largest absolute Gasteiger partial charge is 0.506 e. The summed E-state index contributed by atoms with van der Waals surface area (Å²) in [7, 11) is 1.52. The van der Waals surface area contributed by atoms with E-state index >= 15 is 0 Å². The van der Waals surface area contributed by atoms with Crippen LogP contribution in [0.5, 0.6) is 46.0 Å². The molecule has 0 aliphatic heterocycles. The molecule has 14 heteroatoms. The lowest BCUT2D eigenvalue weighted by Crippen LogP contribution is -2.27. The lowest BCUT2D eigenvalue weighted by molar-refractivity contribution is 0.0689. The number of rotatable bonds is 10. The number of benzene rings is 3. The van der Waals surface area contributed by atoms with Crippen LogP contribution in [0.4, 0.5) is 5.69 Å². The predicted octanol–water partition coefficient (Wildman–Crippen LogP) is 2.74. The van der Waals surface area contributed by atoms with E-state index in [1.807, 2.05) is 6.07 Å². The first-order valence-corrected chi connectivity index (χ1v) is 11.3. The summed E-state index contributed by atoms with van der Waals surface area (Å²) in [5.41, 5.74) is -2.97. The zero-order valence-corrected chi connectivity index (χ0v) is 20.5. The number of carbonyl (C=O) groups is 1. The summed E-state index contributed by atoms with van der Waals surface area (Å²) in [4.78, 5) is 11.5. The second kappa shape index (κ2) is 11.3. The van der Waals surface area contributed by atoms with Gasteiger partial charge in [-0.15, -0.1) is 0 Å². The minimum absolute atomic E-state index is 0.00984. The third-order valence-electron chi connectivity index (χ3n) is 5.69. The molecule has 11 N–H and O–H groups in total. The Morgan fingerprint density at radius 1 is 0.842 bits per heavy atom. The number of halogens is 1. The van der Waals surface area contributed by atoms with Crippen LogP contribution in [0.3, 0.4) is 0 Å². The van der Waals surface area contributed by atoms with Gasteiger partial charge in [-0.25, -0.2) is 4.79 Å². The molecule has 0 radical (unpaired) electrons. The van der Waals surface area contributed by atoms with E-state index in [1.165, 1.54) is 7.11 Å². The Kier molecular flexibility index (Phi) is 8.36. The molecule has 204 valence electrons. The van der Waals surface area contributed by atoms with Crippen molar-refractivity contribution in [1.29, 1.82) is 0 Å². The molecule has 0 aromatic heterocycles. The molecule has 13 nitrogen and oxygen atoms in total. The molecule has 3 aromatic rings. The zero-order valence-electron chi connectivity index (χ0n) is 19.7. The van der Waals surface area contributed by atoms with E-state index in [-0.39, 0.29) is 19.2 Å². The summed E-state index contributed by atoms with van der Waals surface area (Å²) in [5.74, 6) is -11.8. The van der Waals surface area contributed by atoms with E-state index in [0.29, 0.717) is 11.6 Å². The number of hydrogen-bond acceptors (Lipinski definition) is 12. The molecular weight excluding hydrogens is 528 g/mol.